The average molecular weight is 326 g/mol. The minimum Gasteiger partial charge on any atom is -0.0883 e. The van der Waals surface area contributed by atoms with Gasteiger partial charge < -0.3 is 0 Å². The van der Waals surface area contributed by atoms with E-state index in [4.69, 9.17) is 0 Å². The second kappa shape index (κ2) is 11.8. The molecule has 0 fully saturated rings. The van der Waals surface area contributed by atoms with Gasteiger partial charge in [-0.3, -0.25) is 0 Å². The van der Waals surface area contributed by atoms with Crippen molar-refractivity contribution in [1.82, 2.24) is 0 Å². The van der Waals surface area contributed by atoms with E-state index in [0.717, 1.165) is 5.33 Å². The highest BCUT2D eigenvalue weighted by Gasteiger charge is 1.98. The zero-order chi connectivity index (χ0) is 10.6. The summed E-state index contributed by atoms with van der Waals surface area (Å²) in [4.78, 5) is 0.575. The van der Waals surface area contributed by atoms with Crippen LogP contribution in [0.4, 0.5) is 0 Å². The van der Waals surface area contributed by atoms with Crippen molar-refractivity contribution >= 4 is 31.9 Å². The fourth-order valence-electron chi connectivity index (χ4n) is 1.41. The molecule has 0 aliphatic heterocycles. The van der Waals surface area contributed by atoms with E-state index in [1.54, 1.807) is 0 Å². The molecule has 0 aliphatic rings. The molecule has 84 valence electrons. The second-order valence-electron chi connectivity index (χ2n) is 3.65. The average Bonchev–Trinajstić information content (AvgIpc) is 2.20. The number of halogens is 2. The van der Waals surface area contributed by atoms with Crippen LogP contribution in [0.15, 0.2) is 12.2 Å². The fourth-order valence-corrected chi connectivity index (χ4v) is 2.17. The Morgan fingerprint density at radius 2 is 1.71 bits per heavy atom. The second-order valence-corrected chi connectivity index (χ2v) is 5.48. The zero-order valence-corrected chi connectivity index (χ0v) is 12.3. The van der Waals surface area contributed by atoms with Gasteiger partial charge in [0.2, 0.25) is 0 Å². The summed E-state index contributed by atoms with van der Waals surface area (Å²) in [6.45, 7) is 2.26. The maximum absolute atomic E-state index is 3.65. The van der Waals surface area contributed by atoms with Crippen LogP contribution in [0.5, 0.6) is 0 Å². The zero-order valence-electron chi connectivity index (χ0n) is 9.14. The Bertz CT molecular complexity index is 132. The molecule has 0 N–H and O–H groups in total. The van der Waals surface area contributed by atoms with E-state index in [2.05, 4.69) is 50.9 Å². The van der Waals surface area contributed by atoms with E-state index >= 15 is 0 Å². The van der Waals surface area contributed by atoms with Gasteiger partial charge in [0.25, 0.3) is 0 Å². The molecule has 0 saturated heterocycles. The van der Waals surface area contributed by atoms with Crippen LogP contribution in [-0.4, -0.2) is 10.2 Å². The van der Waals surface area contributed by atoms with Crippen LogP contribution in [0.25, 0.3) is 0 Å². The summed E-state index contributed by atoms with van der Waals surface area (Å²) < 4.78 is 0. The maximum atomic E-state index is 3.65. The Kier molecular flexibility index (Phi) is 12.4. The van der Waals surface area contributed by atoms with Gasteiger partial charge in [-0.15, -0.1) is 0 Å². The number of alkyl halides is 2. The van der Waals surface area contributed by atoms with Crippen LogP contribution in [-0.2, 0) is 0 Å². The number of hydrogen-bond acceptors (Lipinski definition) is 0. The molecule has 1 unspecified atom stereocenters. The molecule has 0 aliphatic carbocycles. The normalized spacial score (nSPS) is 13.6. The van der Waals surface area contributed by atoms with Crippen molar-refractivity contribution in [3.05, 3.63) is 12.2 Å². The summed E-state index contributed by atoms with van der Waals surface area (Å²) in [5.41, 5.74) is 0. The first-order valence-electron chi connectivity index (χ1n) is 5.68. The Balaban J connectivity index is 3.14. The van der Waals surface area contributed by atoms with Crippen molar-refractivity contribution < 1.29 is 0 Å². The number of unbranched alkanes of at least 4 members (excludes halogenated alkanes) is 5. The third-order valence-electron chi connectivity index (χ3n) is 2.27. The summed E-state index contributed by atoms with van der Waals surface area (Å²) in [7, 11) is 0. The minimum atomic E-state index is 0.575. The Morgan fingerprint density at radius 1 is 1.07 bits per heavy atom. The SMILES string of the molecule is CCCCCCCCC(Br)/C=C/CBr. The molecule has 0 bridgehead atoms. The molecule has 0 aromatic heterocycles. The van der Waals surface area contributed by atoms with Crippen molar-refractivity contribution in [2.75, 3.05) is 5.33 Å². The van der Waals surface area contributed by atoms with Gasteiger partial charge >= 0.3 is 0 Å². The van der Waals surface area contributed by atoms with Crippen LogP contribution < -0.4 is 0 Å². The van der Waals surface area contributed by atoms with Gasteiger partial charge in [0.05, 0.1) is 0 Å². The summed E-state index contributed by atoms with van der Waals surface area (Å²) in [5, 5.41) is 0.964. The molecule has 0 amide bonds. The minimum absolute atomic E-state index is 0.575. The van der Waals surface area contributed by atoms with Crippen LogP contribution in [0.1, 0.15) is 51.9 Å². The van der Waals surface area contributed by atoms with E-state index in [1.165, 1.54) is 44.9 Å². The lowest BCUT2D eigenvalue weighted by Crippen LogP contribution is -1.92. The van der Waals surface area contributed by atoms with Gasteiger partial charge in [-0.1, -0.05) is 89.5 Å². The van der Waals surface area contributed by atoms with E-state index in [9.17, 15) is 0 Å². The van der Waals surface area contributed by atoms with Gasteiger partial charge in [-0.05, 0) is 6.42 Å². The lowest BCUT2D eigenvalue weighted by Gasteiger charge is -2.03. The Hall–Kier alpha value is 0.700. The third kappa shape index (κ3) is 10.8. The van der Waals surface area contributed by atoms with Crippen LogP contribution >= 0.6 is 31.9 Å². The predicted octanol–water partition coefficient (Wildman–Crippen LogP) is 5.45. The topological polar surface area (TPSA) is 0 Å². The standard InChI is InChI=1S/C12H22Br2/c1-2-3-4-5-6-7-9-12(14)10-8-11-13/h8,10,12H,2-7,9,11H2,1H3/b10-8+. The molecule has 2 heteroatoms. The molecule has 1 atom stereocenters. The first-order chi connectivity index (χ1) is 6.81. The molecule has 0 aromatic carbocycles. The van der Waals surface area contributed by atoms with Crippen LogP contribution in [0.2, 0.25) is 0 Å². The Labute approximate surface area is 106 Å². The van der Waals surface area contributed by atoms with Gasteiger partial charge in [0.1, 0.15) is 0 Å². The molecule has 0 spiro atoms. The van der Waals surface area contributed by atoms with E-state index in [1.807, 2.05) is 0 Å². The van der Waals surface area contributed by atoms with E-state index in [-0.39, 0.29) is 0 Å². The van der Waals surface area contributed by atoms with Gasteiger partial charge in [0, 0.05) is 10.2 Å². The van der Waals surface area contributed by atoms with E-state index < -0.39 is 0 Å². The van der Waals surface area contributed by atoms with Crippen LogP contribution in [0, 0.1) is 0 Å². The number of rotatable bonds is 9. The largest absolute Gasteiger partial charge is 0.0883 e. The molecule has 0 saturated carbocycles. The summed E-state index contributed by atoms with van der Waals surface area (Å²) in [6.07, 6.45) is 14.0. The summed E-state index contributed by atoms with van der Waals surface area (Å²) in [6, 6.07) is 0. The van der Waals surface area contributed by atoms with Crippen molar-refractivity contribution in [2.24, 2.45) is 0 Å². The molecule has 0 aromatic rings. The monoisotopic (exact) mass is 324 g/mol. The van der Waals surface area contributed by atoms with Crippen LogP contribution in [0.3, 0.4) is 0 Å². The quantitative estimate of drug-likeness (QED) is 0.300. The highest BCUT2D eigenvalue weighted by Crippen LogP contribution is 2.14. The van der Waals surface area contributed by atoms with E-state index in [0.29, 0.717) is 4.83 Å². The van der Waals surface area contributed by atoms with Gasteiger partial charge in [-0.25, -0.2) is 0 Å². The lowest BCUT2D eigenvalue weighted by atomic mass is 10.1. The molecule has 0 nitrogen and oxygen atoms in total. The summed E-state index contributed by atoms with van der Waals surface area (Å²) >= 11 is 7.03. The number of allylic oxidation sites excluding steroid dienone is 2. The van der Waals surface area contributed by atoms with Crippen molar-refractivity contribution in [3.63, 3.8) is 0 Å². The Morgan fingerprint density at radius 3 is 2.36 bits per heavy atom. The highest BCUT2D eigenvalue weighted by atomic mass is 79.9. The number of hydrogen-bond donors (Lipinski definition) is 0. The fraction of sp³-hybridized carbons (Fsp3) is 0.833. The first-order valence-corrected chi connectivity index (χ1v) is 7.71. The lowest BCUT2D eigenvalue weighted by molar-refractivity contribution is 0.596. The van der Waals surface area contributed by atoms with Crippen molar-refractivity contribution in [2.45, 2.75) is 56.7 Å². The smallest absolute Gasteiger partial charge is 0.0325 e. The molecular formula is C12H22Br2. The van der Waals surface area contributed by atoms with Crippen molar-refractivity contribution in [1.29, 1.82) is 0 Å². The summed E-state index contributed by atoms with van der Waals surface area (Å²) in [5.74, 6) is 0. The van der Waals surface area contributed by atoms with Gasteiger partial charge in [0.15, 0.2) is 0 Å². The maximum Gasteiger partial charge on any atom is 0.0325 e. The molecule has 0 radical (unpaired) electrons. The molecule has 0 heterocycles. The molecular weight excluding hydrogens is 304 g/mol. The van der Waals surface area contributed by atoms with Crippen molar-refractivity contribution in [3.8, 4) is 0 Å². The highest BCUT2D eigenvalue weighted by molar-refractivity contribution is 9.09. The van der Waals surface area contributed by atoms with Gasteiger partial charge in [-0.2, -0.15) is 0 Å². The first kappa shape index (κ1) is 14.7. The molecule has 14 heavy (non-hydrogen) atoms. The molecule has 0 rings (SSSR count). The predicted molar refractivity (Wildman–Crippen MR) is 73.6 cm³/mol. The third-order valence-corrected chi connectivity index (χ3v) is 3.40.